The Hall–Kier alpha value is -4.12. The Morgan fingerprint density at radius 3 is 2.46 bits per heavy atom. The summed E-state index contributed by atoms with van der Waals surface area (Å²) in [7, 11) is -0.541. The number of aromatic nitrogens is 3. The van der Waals surface area contributed by atoms with E-state index in [4.69, 9.17) is 23.9 Å². The fraction of sp³-hybridized carbons (Fsp3) is 0.541. The molecule has 2 unspecified atom stereocenters. The summed E-state index contributed by atoms with van der Waals surface area (Å²) in [5, 5.41) is 12.7. The van der Waals surface area contributed by atoms with Gasteiger partial charge in [-0.1, -0.05) is 26.8 Å². The van der Waals surface area contributed by atoms with Gasteiger partial charge in [0, 0.05) is 49.8 Å². The molecule has 50 heavy (non-hydrogen) atoms. The van der Waals surface area contributed by atoms with Gasteiger partial charge in [0.25, 0.3) is 0 Å². The van der Waals surface area contributed by atoms with E-state index >= 15 is 4.39 Å². The van der Waals surface area contributed by atoms with E-state index in [0.29, 0.717) is 50.7 Å². The Kier molecular flexibility index (Phi) is 10.2. The summed E-state index contributed by atoms with van der Waals surface area (Å²) >= 11 is 0. The molecular weight excluding hydrogens is 654 g/mol. The maximum atomic E-state index is 15.7. The number of nitrogens with one attached hydrogen (secondary N) is 1. The van der Waals surface area contributed by atoms with E-state index in [2.05, 4.69) is 60.0 Å². The molecule has 4 heterocycles. The SMILES string of the molecule is COC(=O)C1(N2CCC(Oc3cccc(Nc4cc(-c5cnc(N6CC(O[Si](C)(C)C(C)(C)C)CC6CC#N)nc5)ccn4)c3F)CC2)CC1. The third-order valence-corrected chi connectivity index (χ3v) is 15.3. The molecule has 266 valence electrons. The fourth-order valence-corrected chi connectivity index (χ4v) is 8.13. The van der Waals surface area contributed by atoms with Crippen molar-refractivity contribution in [3.8, 4) is 22.9 Å². The number of ether oxygens (including phenoxy) is 2. The van der Waals surface area contributed by atoms with Crippen molar-refractivity contribution in [2.45, 2.75) is 101 Å². The lowest BCUT2D eigenvalue weighted by atomic mass is 10.0. The number of esters is 1. The van der Waals surface area contributed by atoms with Crippen molar-refractivity contribution in [3.63, 3.8) is 0 Å². The van der Waals surface area contributed by atoms with E-state index in [0.717, 1.165) is 30.4 Å². The summed E-state index contributed by atoms with van der Waals surface area (Å²) < 4.78 is 33.5. The predicted octanol–water partition coefficient (Wildman–Crippen LogP) is 6.85. The fourth-order valence-electron chi connectivity index (χ4n) is 6.77. The quantitative estimate of drug-likeness (QED) is 0.167. The molecule has 0 amide bonds. The lowest BCUT2D eigenvalue weighted by Gasteiger charge is -2.38. The van der Waals surface area contributed by atoms with Gasteiger partial charge in [-0.15, -0.1) is 0 Å². The van der Waals surface area contributed by atoms with Crippen LogP contribution in [0.15, 0.2) is 48.9 Å². The molecule has 6 rings (SSSR count). The van der Waals surface area contributed by atoms with E-state index in [-0.39, 0.29) is 40.7 Å². The Bertz CT molecular complexity index is 1720. The molecule has 3 aliphatic rings. The molecule has 11 nitrogen and oxygen atoms in total. The summed E-state index contributed by atoms with van der Waals surface area (Å²) in [6.45, 7) is 13.2. The number of carbonyl (C=O) groups is 1. The highest BCUT2D eigenvalue weighted by atomic mass is 28.4. The van der Waals surface area contributed by atoms with Gasteiger partial charge in [-0.2, -0.15) is 5.26 Å². The lowest BCUT2D eigenvalue weighted by Crippen LogP contribution is -2.49. The molecular formula is C37H48FN7O4Si. The number of nitrogens with zero attached hydrogens (tertiary/aromatic N) is 6. The average molecular weight is 702 g/mol. The van der Waals surface area contributed by atoms with Gasteiger partial charge in [-0.05, 0) is 80.1 Å². The number of halogens is 1. The number of rotatable bonds is 11. The van der Waals surface area contributed by atoms with E-state index in [1.807, 2.05) is 12.1 Å². The summed E-state index contributed by atoms with van der Waals surface area (Å²) in [4.78, 5) is 30.4. The first-order valence-corrected chi connectivity index (χ1v) is 20.4. The van der Waals surface area contributed by atoms with Gasteiger partial charge in [0.05, 0.1) is 31.4 Å². The number of methoxy groups -OCH3 is 1. The van der Waals surface area contributed by atoms with Crippen LogP contribution in [0, 0.1) is 17.1 Å². The molecule has 2 aliphatic heterocycles. The number of nitriles is 1. The van der Waals surface area contributed by atoms with Crippen molar-refractivity contribution in [2.24, 2.45) is 0 Å². The molecule has 2 atom stereocenters. The number of pyridine rings is 1. The molecule has 3 aromatic rings. The van der Waals surface area contributed by atoms with E-state index in [1.54, 1.807) is 36.8 Å². The highest BCUT2D eigenvalue weighted by Crippen LogP contribution is 2.44. The van der Waals surface area contributed by atoms with Crippen molar-refractivity contribution in [1.29, 1.82) is 5.26 Å². The number of carbonyl (C=O) groups excluding carboxylic acids is 1. The standard InChI is InChI=1S/C37H48FN7O4Si/c1-36(2,3)50(5,6)49-29-21-27(10-16-39)45(24-29)35-41-22-26(23-42-35)25-11-17-40-32(20-25)43-30-8-7-9-31(33(30)38)48-28-12-18-44(19-13-28)37(14-15-37)34(46)47-4/h7-9,11,17,20,22-23,27-29H,10,12-15,18-19,21,24H2,1-6H3,(H,40,43). The van der Waals surface area contributed by atoms with Gasteiger partial charge in [0.15, 0.2) is 19.9 Å². The van der Waals surface area contributed by atoms with Crippen LogP contribution >= 0.6 is 0 Å². The third-order valence-electron chi connectivity index (χ3n) is 10.8. The van der Waals surface area contributed by atoms with Crippen LogP contribution < -0.4 is 15.0 Å². The van der Waals surface area contributed by atoms with Crippen LogP contribution in [0.2, 0.25) is 18.1 Å². The highest BCUT2D eigenvalue weighted by molar-refractivity contribution is 6.74. The van der Waals surface area contributed by atoms with Crippen molar-refractivity contribution in [3.05, 3.63) is 54.7 Å². The topological polar surface area (TPSA) is 126 Å². The van der Waals surface area contributed by atoms with Crippen molar-refractivity contribution in [2.75, 3.05) is 37.0 Å². The van der Waals surface area contributed by atoms with Gasteiger partial charge in [0.1, 0.15) is 17.5 Å². The Balaban J connectivity index is 1.09. The van der Waals surface area contributed by atoms with Gasteiger partial charge >= 0.3 is 5.97 Å². The number of anilines is 3. The summed E-state index contributed by atoms with van der Waals surface area (Å²) in [6.07, 6.45) is 9.24. The molecule has 2 aromatic heterocycles. The minimum Gasteiger partial charge on any atom is -0.487 e. The van der Waals surface area contributed by atoms with E-state index in [1.165, 1.54) is 7.11 Å². The normalized spacial score (nSPS) is 21.0. The third kappa shape index (κ3) is 7.48. The second-order valence-corrected chi connectivity index (χ2v) is 19.9. The second kappa shape index (κ2) is 14.2. The van der Waals surface area contributed by atoms with Gasteiger partial charge in [0.2, 0.25) is 5.95 Å². The molecule has 0 radical (unpaired) electrons. The number of likely N-dealkylation sites (tertiary alicyclic amines) is 1. The smallest absolute Gasteiger partial charge is 0.326 e. The molecule has 0 spiro atoms. The number of benzene rings is 1. The van der Waals surface area contributed by atoms with Crippen LogP contribution in [0.25, 0.3) is 11.1 Å². The van der Waals surface area contributed by atoms with Gasteiger partial charge < -0.3 is 24.1 Å². The van der Waals surface area contributed by atoms with Crippen molar-refractivity contribution in [1.82, 2.24) is 19.9 Å². The number of hydrogen-bond donors (Lipinski definition) is 1. The maximum Gasteiger partial charge on any atom is 0.326 e. The molecule has 1 saturated carbocycles. The second-order valence-electron chi connectivity index (χ2n) is 15.2. The van der Waals surface area contributed by atoms with Crippen LogP contribution in [-0.4, -0.2) is 84.7 Å². The van der Waals surface area contributed by atoms with Crippen LogP contribution in [-0.2, 0) is 14.0 Å². The first-order valence-electron chi connectivity index (χ1n) is 17.5. The first-order chi connectivity index (χ1) is 23.8. The van der Waals surface area contributed by atoms with E-state index < -0.39 is 19.7 Å². The van der Waals surface area contributed by atoms with Crippen molar-refractivity contribution < 1.29 is 23.1 Å². The van der Waals surface area contributed by atoms with Crippen LogP contribution in [0.5, 0.6) is 5.75 Å². The molecule has 1 N–H and O–H groups in total. The zero-order valence-electron chi connectivity index (χ0n) is 29.9. The van der Waals surface area contributed by atoms with Crippen molar-refractivity contribution >= 4 is 31.7 Å². The molecule has 1 aromatic carbocycles. The highest BCUT2D eigenvalue weighted by Gasteiger charge is 2.56. The average Bonchev–Trinajstić information content (AvgIpc) is 3.82. The largest absolute Gasteiger partial charge is 0.487 e. The zero-order chi connectivity index (χ0) is 35.7. The van der Waals surface area contributed by atoms with Gasteiger partial charge in [-0.3, -0.25) is 9.69 Å². The number of piperidine rings is 1. The molecule has 13 heteroatoms. The zero-order valence-corrected chi connectivity index (χ0v) is 30.9. The molecule has 2 saturated heterocycles. The molecule has 3 fully saturated rings. The summed E-state index contributed by atoms with van der Waals surface area (Å²) in [6, 6.07) is 11.0. The van der Waals surface area contributed by atoms with Crippen LogP contribution in [0.3, 0.4) is 0 Å². The minimum atomic E-state index is -1.97. The predicted molar refractivity (Wildman–Crippen MR) is 192 cm³/mol. The summed E-state index contributed by atoms with van der Waals surface area (Å²) in [5.41, 5.74) is 1.38. The minimum absolute atomic E-state index is 0.0128. The lowest BCUT2D eigenvalue weighted by molar-refractivity contribution is -0.149. The maximum absolute atomic E-state index is 15.7. The first kappa shape index (κ1) is 35.7. The summed E-state index contributed by atoms with van der Waals surface area (Å²) in [5.74, 6) is 0.556. The molecule has 1 aliphatic carbocycles. The van der Waals surface area contributed by atoms with Crippen LogP contribution in [0.4, 0.5) is 21.8 Å². The Morgan fingerprint density at radius 2 is 1.82 bits per heavy atom. The van der Waals surface area contributed by atoms with E-state index in [9.17, 15) is 10.1 Å². The monoisotopic (exact) mass is 701 g/mol. The van der Waals surface area contributed by atoms with Crippen LogP contribution in [0.1, 0.15) is 59.3 Å². The number of hydrogen-bond acceptors (Lipinski definition) is 11. The Morgan fingerprint density at radius 1 is 1.10 bits per heavy atom. The Labute approximate surface area is 295 Å². The molecule has 0 bridgehead atoms. The van der Waals surface area contributed by atoms with Gasteiger partial charge in [-0.25, -0.2) is 19.3 Å².